The van der Waals surface area contributed by atoms with Crippen LogP contribution in [0, 0.1) is 5.82 Å². The standard InChI is InChI=1S/C16H17ClFN3O5/c17-10-2-1-9(3-11(10)18)25-4-12(22)20-15-6-16(7-15,8-15)21-13(23)5-26-14(19)24/h1-3H,4-8H2,(H2,19,24)(H,20,22)(H,21,23). The highest BCUT2D eigenvalue weighted by Crippen LogP contribution is 2.60. The molecular formula is C16H17ClFN3O5. The zero-order chi connectivity index (χ0) is 18.9. The van der Waals surface area contributed by atoms with Crippen molar-refractivity contribution in [3.63, 3.8) is 0 Å². The summed E-state index contributed by atoms with van der Waals surface area (Å²) in [7, 11) is 0. The fourth-order valence-electron chi connectivity index (χ4n) is 3.57. The Morgan fingerprint density at radius 2 is 1.69 bits per heavy atom. The molecule has 8 nitrogen and oxygen atoms in total. The summed E-state index contributed by atoms with van der Waals surface area (Å²) >= 11 is 5.58. The zero-order valence-corrected chi connectivity index (χ0v) is 14.4. The lowest BCUT2D eigenvalue weighted by Gasteiger charge is -2.70. The van der Waals surface area contributed by atoms with E-state index in [9.17, 15) is 18.8 Å². The molecule has 4 rings (SSSR count). The number of benzene rings is 1. The van der Waals surface area contributed by atoms with Crippen molar-refractivity contribution in [1.29, 1.82) is 0 Å². The van der Waals surface area contributed by atoms with Crippen LogP contribution in [0.1, 0.15) is 19.3 Å². The molecule has 4 N–H and O–H groups in total. The molecule has 0 atom stereocenters. The van der Waals surface area contributed by atoms with Gasteiger partial charge in [0.25, 0.3) is 11.8 Å². The molecular weight excluding hydrogens is 369 g/mol. The molecule has 0 aromatic heterocycles. The molecule has 1 aromatic carbocycles. The van der Waals surface area contributed by atoms with Gasteiger partial charge in [-0.3, -0.25) is 9.59 Å². The van der Waals surface area contributed by atoms with E-state index in [1.807, 2.05) is 0 Å². The topological polar surface area (TPSA) is 120 Å². The molecule has 3 aliphatic rings. The van der Waals surface area contributed by atoms with Crippen LogP contribution in [-0.4, -0.2) is 42.2 Å². The van der Waals surface area contributed by atoms with E-state index < -0.39 is 24.4 Å². The van der Waals surface area contributed by atoms with Gasteiger partial charge in [-0.05, 0) is 31.4 Å². The third-order valence-corrected chi connectivity index (χ3v) is 4.75. The predicted molar refractivity (Wildman–Crippen MR) is 88.0 cm³/mol. The molecule has 3 saturated carbocycles. The highest BCUT2D eigenvalue weighted by molar-refractivity contribution is 6.30. The third-order valence-electron chi connectivity index (χ3n) is 4.45. The van der Waals surface area contributed by atoms with E-state index in [-0.39, 0.29) is 34.4 Å². The summed E-state index contributed by atoms with van der Waals surface area (Å²) in [6, 6.07) is 3.92. The van der Waals surface area contributed by atoms with Gasteiger partial charge in [0.2, 0.25) is 0 Å². The van der Waals surface area contributed by atoms with Crippen LogP contribution >= 0.6 is 11.6 Å². The van der Waals surface area contributed by atoms with Crippen LogP contribution in [-0.2, 0) is 14.3 Å². The molecule has 0 heterocycles. The maximum Gasteiger partial charge on any atom is 0.405 e. The molecule has 0 spiro atoms. The predicted octanol–water partition coefficient (Wildman–Crippen LogP) is 0.861. The van der Waals surface area contributed by atoms with Gasteiger partial charge in [0.15, 0.2) is 13.2 Å². The lowest BCUT2D eigenvalue weighted by Crippen LogP contribution is -2.84. The Morgan fingerprint density at radius 3 is 2.23 bits per heavy atom. The highest BCUT2D eigenvalue weighted by atomic mass is 35.5. The van der Waals surface area contributed by atoms with E-state index in [1.165, 1.54) is 12.1 Å². The highest BCUT2D eigenvalue weighted by Gasteiger charge is 2.69. The smallest absolute Gasteiger partial charge is 0.405 e. The van der Waals surface area contributed by atoms with E-state index >= 15 is 0 Å². The Balaban J connectivity index is 1.39. The number of amides is 3. The number of rotatable bonds is 7. The summed E-state index contributed by atoms with van der Waals surface area (Å²) in [4.78, 5) is 34.1. The van der Waals surface area contributed by atoms with E-state index in [0.717, 1.165) is 6.07 Å². The van der Waals surface area contributed by atoms with Gasteiger partial charge in [-0.15, -0.1) is 0 Å². The lowest BCUT2D eigenvalue weighted by atomic mass is 9.44. The first-order valence-electron chi connectivity index (χ1n) is 7.83. The number of carbonyl (C=O) groups is 3. The van der Waals surface area contributed by atoms with Crippen molar-refractivity contribution in [2.24, 2.45) is 5.73 Å². The molecule has 3 amide bonds. The molecule has 140 valence electrons. The molecule has 1 aromatic rings. The summed E-state index contributed by atoms with van der Waals surface area (Å²) < 4.78 is 23.0. The van der Waals surface area contributed by atoms with Crippen molar-refractivity contribution in [1.82, 2.24) is 10.6 Å². The second-order valence-corrected chi connectivity index (χ2v) is 7.07. The summed E-state index contributed by atoms with van der Waals surface area (Å²) in [6.07, 6.45) is 0.749. The van der Waals surface area contributed by atoms with Gasteiger partial charge in [0, 0.05) is 17.1 Å². The van der Waals surface area contributed by atoms with Crippen molar-refractivity contribution in [3.05, 3.63) is 29.0 Å². The van der Waals surface area contributed by atoms with Gasteiger partial charge >= 0.3 is 6.09 Å². The summed E-state index contributed by atoms with van der Waals surface area (Å²) in [5.74, 6) is -1.19. The van der Waals surface area contributed by atoms with Crippen LogP contribution in [0.4, 0.5) is 9.18 Å². The molecule has 3 aliphatic carbocycles. The first kappa shape index (κ1) is 18.2. The minimum Gasteiger partial charge on any atom is -0.484 e. The van der Waals surface area contributed by atoms with E-state index in [4.69, 9.17) is 22.1 Å². The molecule has 0 radical (unpaired) electrons. The first-order valence-corrected chi connectivity index (χ1v) is 8.21. The molecule has 0 unspecified atom stereocenters. The van der Waals surface area contributed by atoms with Gasteiger partial charge in [0.05, 0.1) is 5.02 Å². The van der Waals surface area contributed by atoms with Crippen LogP contribution in [0.5, 0.6) is 5.75 Å². The van der Waals surface area contributed by atoms with Crippen LogP contribution < -0.4 is 21.1 Å². The Kier molecular flexibility index (Phi) is 4.66. The van der Waals surface area contributed by atoms with Gasteiger partial charge < -0.3 is 25.8 Å². The maximum atomic E-state index is 13.3. The number of hydrogen-bond acceptors (Lipinski definition) is 5. The van der Waals surface area contributed by atoms with Crippen LogP contribution in [0.25, 0.3) is 0 Å². The van der Waals surface area contributed by atoms with E-state index in [1.54, 1.807) is 0 Å². The Morgan fingerprint density at radius 1 is 1.12 bits per heavy atom. The fraction of sp³-hybridized carbons (Fsp3) is 0.438. The molecule has 26 heavy (non-hydrogen) atoms. The van der Waals surface area contributed by atoms with E-state index in [0.29, 0.717) is 19.3 Å². The van der Waals surface area contributed by atoms with Crippen LogP contribution in [0.3, 0.4) is 0 Å². The number of nitrogens with two attached hydrogens (primary N) is 1. The van der Waals surface area contributed by atoms with Gasteiger partial charge in [-0.25, -0.2) is 9.18 Å². The van der Waals surface area contributed by atoms with Crippen molar-refractivity contribution >= 4 is 29.5 Å². The van der Waals surface area contributed by atoms with Gasteiger partial charge in [-0.1, -0.05) is 11.6 Å². The lowest BCUT2D eigenvalue weighted by molar-refractivity contribution is -0.151. The minimum absolute atomic E-state index is 0.0238. The van der Waals surface area contributed by atoms with Crippen LogP contribution in [0.2, 0.25) is 5.02 Å². The Bertz CT molecular complexity index is 752. The van der Waals surface area contributed by atoms with E-state index in [2.05, 4.69) is 15.4 Å². The largest absolute Gasteiger partial charge is 0.484 e. The summed E-state index contributed by atoms with van der Waals surface area (Å²) in [6.45, 7) is -0.684. The zero-order valence-electron chi connectivity index (χ0n) is 13.6. The molecule has 3 fully saturated rings. The number of carbonyl (C=O) groups excluding carboxylic acids is 3. The summed E-state index contributed by atoms with van der Waals surface area (Å²) in [5.41, 5.74) is 4.07. The monoisotopic (exact) mass is 385 g/mol. The number of hydrogen-bond donors (Lipinski definition) is 3. The number of nitrogens with one attached hydrogen (secondary N) is 2. The Hall–Kier alpha value is -2.55. The SMILES string of the molecule is NC(=O)OCC(=O)NC12CC(NC(=O)COc3ccc(Cl)c(F)c3)(C1)C2. The molecule has 0 aliphatic heterocycles. The van der Waals surface area contributed by atoms with Crippen LogP contribution in [0.15, 0.2) is 18.2 Å². The molecule has 10 heteroatoms. The minimum atomic E-state index is -1.01. The summed E-state index contributed by atoms with van der Waals surface area (Å²) in [5, 5.41) is 5.61. The fourth-order valence-corrected chi connectivity index (χ4v) is 3.69. The number of halogens is 2. The normalized spacial score (nSPS) is 25.3. The van der Waals surface area contributed by atoms with Crippen molar-refractivity contribution in [2.45, 2.75) is 30.3 Å². The second kappa shape index (κ2) is 6.64. The Labute approximate surface area is 153 Å². The quantitative estimate of drug-likeness (QED) is 0.643. The average molecular weight is 386 g/mol. The maximum absolute atomic E-state index is 13.3. The third kappa shape index (κ3) is 3.82. The first-order chi connectivity index (χ1) is 12.2. The number of ether oxygens (including phenoxy) is 2. The second-order valence-electron chi connectivity index (χ2n) is 6.66. The molecule has 0 saturated heterocycles. The van der Waals surface area contributed by atoms with Gasteiger partial charge in [-0.2, -0.15) is 0 Å². The van der Waals surface area contributed by atoms with Crippen molar-refractivity contribution in [2.75, 3.05) is 13.2 Å². The van der Waals surface area contributed by atoms with Crippen molar-refractivity contribution in [3.8, 4) is 5.75 Å². The average Bonchev–Trinajstić information content (AvgIpc) is 2.51. The number of primary amides is 1. The molecule has 2 bridgehead atoms. The van der Waals surface area contributed by atoms with Crippen molar-refractivity contribution < 1.29 is 28.2 Å². The van der Waals surface area contributed by atoms with Gasteiger partial charge in [0.1, 0.15) is 11.6 Å².